The van der Waals surface area contributed by atoms with Crippen LogP contribution in [0.1, 0.15) is 46.5 Å². The van der Waals surface area contributed by atoms with Gasteiger partial charge in [-0.1, -0.05) is 0 Å². The maximum absolute atomic E-state index is 12.5. The number of hydrogen-bond donors (Lipinski definition) is 1. The number of carbonyl (C=O) groups is 2. The molecule has 0 aromatic heterocycles. The zero-order chi connectivity index (χ0) is 13.8. The summed E-state index contributed by atoms with van der Waals surface area (Å²) in [6, 6.07) is 0.129. The van der Waals surface area contributed by atoms with Gasteiger partial charge in [-0.2, -0.15) is 0 Å². The number of aliphatic carboxylic acids is 1. The largest absolute Gasteiger partial charge is 0.481 e. The van der Waals surface area contributed by atoms with E-state index in [1.165, 1.54) is 0 Å². The molecule has 5 heteroatoms. The summed E-state index contributed by atoms with van der Waals surface area (Å²) >= 11 is 1.73. The van der Waals surface area contributed by atoms with Gasteiger partial charge in [0.1, 0.15) is 0 Å². The van der Waals surface area contributed by atoms with Gasteiger partial charge in [-0.05, 0) is 45.8 Å². The molecule has 18 heavy (non-hydrogen) atoms. The van der Waals surface area contributed by atoms with Gasteiger partial charge in [0.15, 0.2) is 0 Å². The summed E-state index contributed by atoms with van der Waals surface area (Å²) in [6.07, 6.45) is 2.67. The van der Waals surface area contributed by atoms with Gasteiger partial charge in [-0.3, -0.25) is 9.59 Å². The van der Waals surface area contributed by atoms with E-state index < -0.39 is 5.97 Å². The Labute approximate surface area is 113 Å². The number of rotatable bonds is 6. The molecule has 1 rings (SSSR count). The highest BCUT2D eigenvalue weighted by molar-refractivity contribution is 8.01. The highest BCUT2D eigenvalue weighted by Gasteiger charge is 2.40. The Balaban J connectivity index is 2.60. The first-order chi connectivity index (χ1) is 8.37. The van der Waals surface area contributed by atoms with E-state index in [0.29, 0.717) is 13.0 Å². The Morgan fingerprint density at radius 3 is 2.56 bits per heavy atom. The van der Waals surface area contributed by atoms with Crippen LogP contribution in [0.4, 0.5) is 0 Å². The first-order valence-corrected chi connectivity index (χ1v) is 7.52. The first-order valence-electron chi connectivity index (χ1n) is 6.53. The number of carboxylic acid groups (broad SMARTS) is 1. The van der Waals surface area contributed by atoms with Crippen molar-refractivity contribution < 1.29 is 14.7 Å². The molecule has 104 valence electrons. The van der Waals surface area contributed by atoms with Crippen molar-refractivity contribution in [2.45, 2.75) is 57.2 Å². The summed E-state index contributed by atoms with van der Waals surface area (Å²) in [5, 5.41) is 8.66. The molecule has 0 aromatic carbocycles. The third-order valence-corrected chi connectivity index (χ3v) is 4.85. The molecule has 0 bridgehead atoms. The average molecular weight is 273 g/mol. The molecule has 1 fully saturated rings. The van der Waals surface area contributed by atoms with Gasteiger partial charge >= 0.3 is 5.97 Å². The van der Waals surface area contributed by atoms with Crippen LogP contribution < -0.4 is 0 Å². The molecule has 1 heterocycles. The van der Waals surface area contributed by atoms with Gasteiger partial charge in [0.25, 0.3) is 0 Å². The summed E-state index contributed by atoms with van der Waals surface area (Å²) in [6.45, 7) is 6.53. The molecule has 0 radical (unpaired) electrons. The Morgan fingerprint density at radius 2 is 2.11 bits per heavy atom. The number of nitrogens with zero attached hydrogens (tertiary/aromatic N) is 1. The van der Waals surface area contributed by atoms with Gasteiger partial charge in [0.2, 0.25) is 5.91 Å². The van der Waals surface area contributed by atoms with E-state index in [2.05, 4.69) is 0 Å². The minimum absolute atomic E-state index is 0.125. The van der Waals surface area contributed by atoms with Crippen molar-refractivity contribution in [3.05, 3.63) is 0 Å². The molecule has 1 unspecified atom stereocenters. The van der Waals surface area contributed by atoms with Crippen molar-refractivity contribution in [3.8, 4) is 0 Å². The van der Waals surface area contributed by atoms with Crippen molar-refractivity contribution in [3.63, 3.8) is 0 Å². The Kier molecular flexibility index (Phi) is 5.50. The zero-order valence-electron chi connectivity index (χ0n) is 11.4. The maximum atomic E-state index is 12.5. The van der Waals surface area contributed by atoms with E-state index in [4.69, 9.17) is 5.11 Å². The third-order valence-electron chi connectivity index (χ3n) is 3.35. The lowest BCUT2D eigenvalue weighted by Gasteiger charge is -2.34. The van der Waals surface area contributed by atoms with Gasteiger partial charge in [-0.25, -0.2) is 0 Å². The molecule has 1 atom stereocenters. The minimum atomic E-state index is -0.799. The first kappa shape index (κ1) is 15.3. The second-order valence-electron chi connectivity index (χ2n) is 5.27. The van der Waals surface area contributed by atoms with Crippen LogP contribution in [-0.4, -0.2) is 45.0 Å². The molecular formula is C13H23NO3S. The molecular weight excluding hydrogens is 250 g/mol. The van der Waals surface area contributed by atoms with E-state index in [1.54, 1.807) is 11.8 Å². The van der Waals surface area contributed by atoms with Crippen LogP contribution in [-0.2, 0) is 9.59 Å². The fourth-order valence-corrected chi connectivity index (χ4v) is 3.52. The third kappa shape index (κ3) is 3.90. The Morgan fingerprint density at radius 1 is 1.44 bits per heavy atom. The number of hydrogen-bond acceptors (Lipinski definition) is 3. The van der Waals surface area contributed by atoms with Crippen molar-refractivity contribution in [1.82, 2.24) is 4.90 Å². The van der Waals surface area contributed by atoms with Crippen molar-refractivity contribution in [2.24, 2.45) is 0 Å². The van der Waals surface area contributed by atoms with Crippen LogP contribution in [0.2, 0.25) is 0 Å². The predicted molar refractivity (Wildman–Crippen MR) is 73.8 cm³/mol. The second kappa shape index (κ2) is 6.45. The molecule has 1 amide bonds. The summed E-state index contributed by atoms with van der Waals surface area (Å²) in [4.78, 5) is 24.9. The van der Waals surface area contributed by atoms with Gasteiger partial charge < -0.3 is 10.0 Å². The fourth-order valence-electron chi connectivity index (χ4n) is 2.25. The van der Waals surface area contributed by atoms with E-state index >= 15 is 0 Å². The predicted octanol–water partition coefficient (Wildman–Crippen LogP) is 2.37. The smallest absolute Gasteiger partial charge is 0.303 e. The maximum Gasteiger partial charge on any atom is 0.303 e. The second-order valence-corrected chi connectivity index (χ2v) is 6.87. The van der Waals surface area contributed by atoms with Crippen LogP contribution in [0.3, 0.4) is 0 Å². The minimum Gasteiger partial charge on any atom is -0.481 e. The highest BCUT2D eigenvalue weighted by atomic mass is 32.2. The molecule has 1 N–H and O–H groups in total. The average Bonchev–Trinajstić information content (AvgIpc) is 2.71. The molecule has 1 aliphatic rings. The van der Waals surface area contributed by atoms with Crippen LogP contribution in [0.15, 0.2) is 0 Å². The molecule has 4 nitrogen and oxygen atoms in total. The van der Waals surface area contributed by atoms with Gasteiger partial charge in [0, 0.05) is 19.0 Å². The summed E-state index contributed by atoms with van der Waals surface area (Å²) in [7, 11) is 0. The molecule has 0 aromatic rings. The van der Waals surface area contributed by atoms with Crippen molar-refractivity contribution >= 4 is 23.6 Å². The lowest BCUT2D eigenvalue weighted by Crippen LogP contribution is -2.47. The van der Waals surface area contributed by atoms with E-state index in [1.807, 2.05) is 25.7 Å². The highest BCUT2D eigenvalue weighted by Crippen LogP contribution is 2.39. The standard InChI is InChI=1S/C13H23NO3S/c1-10(2)14(8-4-6-11(15)16)12(17)13(3)7-5-9-18-13/h10H,4-9H2,1-3H3,(H,15,16). The van der Waals surface area contributed by atoms with Gasteiger partial charge in [-0.15, -0.1) is 11.8 Å². The normalized spacial score (nSPS) is 23.3. The number of amides is 1. The molecule has 0 saturated carbocycles. The van der Waals surface area contributed by atoms with Crippen LogP contribution in [0.5, 0.6) is 0 Å². The number of carboxylic acids is 1. The van der Waals surface area contributed by atoms with Gasteiger partial charge in [0.05, 0.1) is 4.75 Å². The fraction of sp³-hybridized carbons (Fsp3) is 0.846. The summed E-state index contributed by atoms with van der Waals surface area (Å²) in [5.41, 5.74) is 0. The monoisotopic (exact) mass is 273 g/mol. The summed E-state index contributed by atoms with van der Waals surface area (Å²) in [5.74, 6) is 0.418. The van der Waals surface area contributed by atoms with Crippen LogP contribution in [0, 0.1) is 0 Å². The van der Waals surface area contributed by atoms with Crippen LogP contribution in [0.25, 0.3) is 0 Å². The van der Waals surface area contributed by atoms with Crippen molar-refractivity contribution in [1.29, 1.82) is 0 Å². The summed E-state index contributed by atoms with van der Waals surface area (Å²) < 4.78 is -0.298. The quantitative estimate of drug-likeness (QED) is 0.807. The Hall–Kier alpha value is -0.710. The molecule has 0 aliphatic carbocycles. The van der Waals surface area contributed by atoms with Crippen LogP contribution >= 0.6 is 11.8 Å². The lowest BCUT2D eigenvalue weighted by atomic mass is 10.0. The SMILES string of the molecule is CC(C)N(CCCC(=O)O)C(=O)C1(C)CCCS1. The van der Waals surface area contributed by atoms with Crippen molar-refractivity contribution in [2.75, 3.05) is 12.3 Å². The zero-order valence-corrected chi connectivity index (χ0v) is 12.3. The molecule has 1 saturated heterocycles. The molecule has 0 spiro atoms. The van der Waals surface area contributed by atoms with E-state index in [-0.39, 0.29) is 23.1 Å². The number of carbonyl (C=O) groups excluding carboxylic acids is 1. The lowest BCUT2D eigenvalue weighted by molar-refractivity contribution is -0.139. The molecule has 1 aliphatic heterocycles. The number of thioether (sulfide) groups is 1. The van der Waals surface area contributed by atoms with E-state index in [0.717, 1.165) is 18.6 Å². The Bertz CT molecular complexity index is 311. The van der Waals surface area contributed by atoms with E-state index in [9.17, 15) is 9.59 Å². The topological polar surface area (TPSA) is 57.6 Å².